The number of hydrogen-bond acceptors (Lipinski definition) is 5. The summed E-state index contributed by atoms with van der Waals surface area (Å²) in [6, 6.07) is 0.774. The van der Waals surface area contributed by atoms with Gasteiger partial charge in [-0.1, -0.05) is 5.16 Å². The van der Waals surface area contributed by atoms with E-state index in [1.165, 1.54) is 0 Å². The van der Waals surface area contributed by atoms with E-state index in [1.807, 2.05) is 0 Å². The van der Waals surface area contributed by atoms with E-state index in [0.717, 1.165) is 18.5 Å². The molecule has 2 aromatic rings. The molecule has 2 heterocycles. The van der Waals surface area contributed by atoms with Crippen LogP contribution in [-0.4, -0.2) is 26.2 Å². The van der Waals surface area contributed by atoms with Crippen LogP contribution in [0, 0.1) is 0 Å². The molecule has 0 spiro atoms. The van der Waals surface area contributed by atoms with Gasteiger partial charge in [-0.15, -0.1) is 0 Å². The number of pyridine rings is 1. The van der Waals surface area contributed by atoms with Gasteiger partial charge in [0.2, 0.25) is 0 Å². The number of aromatic nitrogens is 3. The Labute approximate surface area is 103 Å². The van der Waals surface area contributed by atoms with Gasteiger partial charge in [-0.2, -0.15) is 18.2 Å². The fourth-order valence-electron chi connectivity index (χ4n) is 1.38. The highest BCUT2D eigenvalue weighted by Crippen LogP contribution is 2.35. The molecule has 0 unspecified atom stereocenters. The molecule has 0 aromatic carbocycles. The molecule has 0 aliphatic heterocycles. The van der Waals surface area contributed by atoms with Crippen molar-refractivity contribution in [3.63, 3.8) is 0 Å². The number of rotatable bonds is 3. The van der Waals surface area contributed by atoms with E-state index < -0.39 is 30.0 Å². The minimum absolute atomic E-state index is 0.209. The van der Waals surface area contributed by atoms with Crippen molar-refractivity contribution in [3.05, 3.63) is 29.8 Å². The van der Waals surface area contributed by atoms with Crippen molar-refractivity contribution in [2.75, 3.05) is 0 Å². The lowest BCUT2D eigenvalue weighted by molar-refractivity contribution is -0.137. The van der Waals surface area contributed by atoms with Crippen LogP contribution in [0.15, 0.2) is 23.0 Å². The zero-order chi connectivity index (χ0) is 14.0. The van der Waals surface area contributed by atoms with Gasteiger partial charge in [0.05, 0.1) is 11.1 Å². The van der Waals surface area contributed by atoms with Crippen molar-refractivity contribution in [2.45, 2.75) is 12.6 Å². The molecular formula is C10H6F3N3O3. The molecule has 0 fully saturated rings. The lowest BCUT2D eigenvalue weighted by Crippen LogP contribution is -2.07. The van der Waals surface area contributed by atoms with Gasteiger partial charge >= 0.3 is 12.1 Å². The zero-order valence-electron chi connectivity index (χ0n) is 9.18. The Balaban J connectivity index is 2.42. The van der Waals surface area contributed by atoms with Crippen LogP contribution in [0.2, 0.25) is 0 Å². The summed E-state index contributed by atoms with van der Waals surface area (Å²) in [6.07, 6.45) is -3.22. The molecule has 0 saturated carbocycles. The van der Waals surface area contributed by atoms with E-state index in [2.05, 4.69) is 19.6 Å². The predicted octanol–water partition coefficient (Wildman–Crippen LogP) is 1.78. The highest BCUT2D eigenvalue weighted by Gasteiger charge is 2.35. The van der Waals surface area contributed by atoms with Gasteiger partial charge in [0.1, 0.15) is 6.42 Å². The molecule has 0 saturated heterocycles. The van der Waals surface area contributed by atoms with Crippen LogP contribution in [0.5, 0.6) is 0 Å². The molecule has 2 aromatic heterocycles. The van der Waals surface area contributed by atoms with Gasteiger partial charge in [0.15, 0.2) is 5.82 Å². The minimum Gasteiger partial charge on any atom is -0.481 e. The molecule has 2 rings (SSSR count). The molecule has 9 heteroatoms. The number of halogens is 3. The maximum absolute atomic E-state index is 12.7. The van der Waals surface area contributed by atoms with Crippen LogP contribution in [0.25, 0.3) is 11.5 Å². The molecule has 0 atom stereocenters. The summed E-state index contributed by atoms with van der Waals surface area (Å²) >= 11 is 0. The Bertz CT molecular complexity index is 609. The number of carboxylic acids is 1. The normalized spacial score (nSPS) is 11.5. The van der Waals surface area contributed by atoms with Crippen molar-refractivity contribution in [1.82, 2.24) is 15.1 Å². The number of aliphatic carboxylic acids is 1. The first-order chi connectivity index (χ1) is 8.88. The third kappa shape index (κ3) is 2.87. The first-order valence-corrected chi connectivity index (χ1v) is 4.94. The fourth-order valence-corrected chi connectivity index (χ4v) is 1.38. The number of hydrogen-bond donors (Lipinski definition) is 1. The van der Waals surface area contributed by atoms with Gasteiger partial charge in [0.25, 0.3) is 5.89 Å². The Kier molecular flexibility index (Phi) is 3.19. The van der Waals surface area contributed by atoms with Gasteiger partial charge in [-0.05, 0) is 6.07 Å². The fraction of sp³-hybridized carbons (Fsp3) is 0.200. The highest BCUT2D eigenvalue weighted by molar-refractivity contribution is 5.69. The quantitative estimate of drug-likeness (QED) is 0.916. The summed E-state index contributed by atoms with van der Waals surface area (Å²) in [5.74, 6) is -1.84. The third-order valence-electron chi connectivity index (χ3n) is 2.13. The molecule has 6 nitrogen and oxygen atoms in total. The summed E-state index contributed by atoms with van der Waals surface area (Å²) in [5, 5.41) is 11.8. The first-order valence-electron chi connectivity index (χ1n) is 4.94. The number of carbonyl (C=O) groups is 1. The highest BCUT2D eigenvalue weighted by atomic mass is 19.4. The van der Waals surface area contributed by atoms with Gasteiger partial charge in [-0.3, -0.25) is 9.78 Å². The molecule has 0 aliphatic rings. The van der Waals surface area contributed by atoms with Crippen LogP contribution in [-0.2, 0) is 17.4 Å². The Morgan fingerprint density at radius 2 is 2.16 bits per heavy atom. The van der Waals surface area contributed by atoms with Gasteiger partial charge in [0, 0.05) is 12.4 Å². The molecule has 0 amide bonds. The van der Waals surface area contributed by atoms with E-state index in [4.69, 9.17) is 5.11 Å². The van der Waals surface area contributed by atoms with E-state index in [-0.39, 0.29) is 11.4 Å². The van der Waals surface area contributed by atoms with Crippen molar-refractivity contribution in [3.8, 4) is 11.5 Å². The Morgan fingerprint density at radius 1 is 1.42 bits per heavy atom. The standard InChI is InChI=1S/C10H6F3N3O3/c11-10(12,13)6-1-2-14-4-5(6)9-15-7(16-19-9)3-8(17)18/h1-2,4H,3H2,(H,17,18). The maximum atomic E-state index is 12.7. The summed E-state index contributed by atoms with van der Waals surface area (Å²) in [7, 11) is 0. The predicted molar refractivity (Wildman–Crippen MR) is 53.9 cm³/mol. The number of nitrogens with zero attached hydrogens (tertiary/aromatic N) is 3. The van der Waals surface area contributed by atoms with Crippen LogP contribution >= 0.6 is 0 Å². The zero-order valence-corrected chi connectivity index (χ0v) is 9.18. The average Bonchev–Trinajstić information content (AvgIpc) is 2.75. The van der Waals surface area contributed by atoms with E-state index in [9.17, 15) is 18.0 Å². The summed E-state index contributed by atoms with van der Waals surface area (Å²) < 4.78 is 42.8. The molecule has 0 aliphatic carbocycles. The average molecular weight is 273 g/mol. The molecule has 100 valence electrons. The summed E-state index contributed by atoms with van der Waals surface area (Å²) in [4.78, 5) is 17.6. The molecule has 1 N–H and O–H groups in total. The van der Waals surface area contributed by atoms with Crippen LogP contribution in [0.4, 0.5) is 13.2 Å². The second-order valence-corrected chi connectivity index (χ2v) is 3.51. The molecule has 0 bridgehead atoms. The van der Waals surface area contributed by atoms with Gasteiger partial charge in [-0.25, -0.2) is 0 Å². The second kappa shape index (κ2) is 4.67. The SMILES string of the molecule is O=C(O)Cc1noc(-c2cnccc2C(F)(F)F)n1. The number of carboxylic acid groups (broad SMARTS) is 1. The van der Waals surface area contributed by atoms with Crippen molar-refractivity contribution >= 4 is 5.97 Å². The van der Waals surface area contributed by atoms with Crippen LogP contribution in [0.3, 0.4) is 0 Å². The topological polar surface area (TPSA) is 89.1 Å². The van der Waals surface area contributed by atoms with Crippen molar-refractivity contribution < 1.29 is 27.6 Å². The smallest absolute Gasteiger partial charge is 0.417 e. The lowest BCUT2D eigenvalue weighted by Gasteiger charge is -2.08. The van der Waals surface area contributed by atoms with Crippen LogP contribution < -0.4 is 0 Å². The summed E-state index contributed by atoms with van der Waals surface area (Å²) in [5.41, 5.74) is -1.37. The second-order valence-electron chi connectivity index (χ2n) is 3.51. The maximum Gasteiger partial charge on any atom is 0.417 e. The minimum atomic E-state index is -4.60. The molecule has 0 radical (unpaired) electrons. The van der Waals surface area contributed by atoms with E-state index in [1.54, 1.807) is 0 Å². The third-order valence-corrected chi connectivity index (χ3v) is 2.13. The molecular weight excluding hydrogens is 267 g/mol. The monoisotopic (exact) mass is 273 g/mol. The van der Waals surface area contributed by atoms with Gasteiger partial charge < -0.3 is 9.63 Å². The molecule has 19 heavy (non-hydrogen) atoms. The largest absolute Gasteiger partial charge is 0.481 e. The Morgan fingerprint density at radius 3 is 2.79 bits per heavy atom. The first kappa shape index (κ1) is 13.0. The Hall–Kier alpha value is -2.45. The lowest BCUT2D eigenvalue weighted by atomic mass is 10.1. The van der Waals surface area contributed by atoms with Crippen LogP contribution in [0.1, 0.15) is 11.4 Å². The van der Waals surface area contributed by atoms with E-state index >= 15 is 0 Å². The van der Waals surface area contributed by atoms with Crippen molar-refractivity contribution in [1.29, 1.82) is 0 Å². The summed E-state index contributed by atoms with van der Waals surface area (Å²) in [6.45, 7) is 0. The number of alkyl halides is 3. The van der Waals surface area contributed by atoms with E-state index in [0.29, 0.717) is 0 Å². The van der Waals surface area contributed by atoms with Crippen molar-refractivity contribution in [2.24, 2.45) is 0 Å².